The molecule has 1 aliphatic rings. The molecule has 1 aromatic heterocycles. The Hall–Kier alpha value is -2.99. The Morgan fingerprint density at radius 1 is 1.07 bits per heavy atom. The second kappa shape index (κ2) is 6.96. The Morgan fingerprint density at radius 2 is 1.78 bits per heavy atom. The molecule has 0 spiro atoms. The molecule has 3 aromatic rings. The number of para-hydroxylation sites is 1. The molecule has 0 radical (unpaired) electrons. The van der Waals surface area contributed by atoms with Gasteiger partial charge in [-0.25, -0.2) is 0 Å². The predicted octanol–water partition coefficient (Wildman–Crippen LogP) is 2.90. The molecule has 1 aliphatic heterocycles. The quantitative estimate of drug-likeness (QED) is 0.702. The normalized spacial score (nSPS) is 12.6. The second-order valence-corrected chi connectivity index (χ2v) is 6.90. The highest BCUT2D eigenvalue weighted by molar-refractivity contribution is 6.35. The van der Waals surface area contributed by atoms with Crippen molar-refractivity contribution in [1.29, 1.82) is 0 Å². The first-order valence-electron chi connectivity index (χ1n) is 8.58. The van der Waals surface area contributed by atoms with E-state index in [1.807, 2.05) is 53.1 Å². The van der Waals surface area contributed by atoms with Crippen LogP contribution in [0, 0.1) is 0 Å². The van der Waals surface area contributed by atoms with Crippen LogP contribution in [-0.4, -0.2) is 45.4 Å². The van der Waals surface area contributed by atoms with Crippen LogP contribution in [0.4, 0.5) is 0 Å². The molecule has 0 saturated heterocycles. The fourth-order valence-electron chi connectivity index (χ4n) is 3.13. The van der Waals surface area contributed by atoms with E-state index in [2.05, 4.69) is 10.2 Å². The van der Waals surface area contributed by atoms with E-state index in [-0.39, 0.29) is 12.3 Å². The molecule has 0 N–H and O–H groups in total. The molecule has 1 amide bonds. The van der Waals surface area contributed by atoms with Crippen LogP contribution >= 0.6 is 11.6 Å². The van der Waals surface area contributed by atoms with Gasteiger partial charge in [0, 0.05) is 30.2 Å². The topological polar surface area (TPSA) is 63.4 Å². The number of fused-ring (bicyclic) bond motifs is 3. The van der Waals surface area contributed by atoms with E-state index in [0.717, 1.165) is 22.5 Å². The summed E-state index contributed by atoms with van der Waals surface area (Å²) in [6, 6.07) is 15.6. The summed E-state index contributed by atoms with van der Waals surface area (Å²) in [5, 5.41) is 9.17. The van der Waals surface area contributed by atoms with Gasteiger partial charge in [-0.1, -0.05) is 48.0 Å². The third-order valence-electron chi connectivity index (χ3n) is 4.51. The van der Waals surface area contributed by atoms with Gasteiger partial charge in [-0.3, -0.25) is 14.4 Å². The molecule has 4 rings (SSSR count). The van der Waals surface area contributed by atoms with Crippen LogP contribution in [0.3, 0.4) is 0 Å². The molecule has 0 atom stereocenters. The van der Waals surface area contributed by atoms with E-state index in [1.165, 1.54) is 0 Å². The van der Waals surface area contributed by atoms with Crippen molar-refractivity contribution in [3.05, 3.63) is 76.3 Å². The third-order valence-corrected chi connectivity index (χ3v) is 4.84. The molecule has 6 nitrogen and oxygen atoms in total. The lowest BCUT2D eigenvalue weighted by Gasteiger charge is -2.15. The van der Waals surface area contributed by atoms with Gasteiger partial charge in [-0.15, -0.1) is 10.2 Å². The van der Waals surface area contributed by atoms with Crippen LogP contribution in [0.15, 0.2) is 53.5 Å². The standard InChI is InChI=1S/C20H18ClN5O/c1-25(2)19(27)11-17-23-24-18-12-22-20(13-7-3-5-9-15(13)21)14-8-4-6-10-16(14)26(17)18/h3-10H,11-12H2,1-2H3. The van der Waals surface area contributed by atoms with Crippen molar-refractivity contribution in [2.45, 2.75) is 13.0 Å². The van der Waals surface area contributed by atoms with Crippen molar-refractivity contribution in [2.24, 2.45) is 4.99 Å². The van der Waals surface area contributed by atoms with Gasteiger partial charge < -0.3 is 4.90 Å². The maximum atomic E-state index is 12.2. The SMILES string of the molecule is CN(C)C(=O)Cc1nnc2n1-c1ccccc1C(c1ccccc1Cl)=NC2. The number of likely N-dealkylation sites (N-methyl/N-ethyl adjacent to an activating group) is 1. The number of hydrogen-bond donors (Lipinski definition) is 0. The zero-order chi connectivity index (χ0) is 19.0. The van der Waals surface area contributed by atoms with Crippen molar-refractivity contribution >= 4 is 23.2 Å². The smallest absolute Gasteiger partial charge is 0.229 e. The molecule has 2 heterocycles. The minimum absolute atomic E-state index is 0.0285. The van der Waals surface area contributed by atoms with Crippen molar-refractivity contribution < 1.29 is 4.79 Å². The first-order chi connectivity index (χ1) is 13.1. The Morgan fingerprint density at radius 3 is 2.52 bits per heavy atom. The van der Waals surface area contributed by atoms with Gasteiger partial charge in [-0.05, 0) is 12.1 Å². The molecule has 0 fully saturated rings. The molecule has 0 saturated carbocycles. The number of nitrogens with zero attached hydrogens (tertiary/aromatic N) is 5. The first kappa shape index (κ1) is 17.4. The number of amides is 1. The molecule has 7 heteroatoms. The maximum absolute atomic E-state index is 12.2. The molecule has 0 aliphatic carbocycles. The number of hydrogen-bond acceptors (Lipinski definition) is 4. The highest BCUT2D eigenvalue weighted by Gasteiger charge is 2.24. The third kappa shape index (κ3) is 3.13. The molecule has 2 aromatic carbocycles. The first-order valence-corrected chi connectivity index (χ1v) is 8.96. The van der Waals surface area contributed by atoms with E-state index in [9.17, 15) is 4.79 Å². The molecule has 0 bridgehead atoms. The van der Waals surface area contributed by atoms with Crippen molar-refractivity contribution in [3.8, 4) is 5.69 Å². The summed E-state index contributed by atoms with van der Waals surface area (Å²) in [7, 11) is 3.46. The van der Waals surface area contributed by atoms with Gasteiger partial charge in [0.1, 0.15) is 12.4 Å². The van der Waals surface area contributed by atoms with Crippen molar-refractivity contribution in [2.75, 3.05) is 14.1 Å². The van der Waals surface area contributed by atoms with Crippen LogP contribution in [-0.2, 0) is 17.8 Å². The average molecular weight is 380 g/mol. The van der Waals surface area contributed by atoms with E-state index in [4.69, 9.17) is 16.6 Å². The number of aliphatic imine (C=N–C) groups is 1. The van der Waals surface area contributed by atoms with E-state index in [1.54, 1.807) is 19.0 Å². The predicted molar refractivity (Wildman–Crippen MR) is 105 cm³/mol. The lowest BCUT2D eigenvalue weighted by Crippen LogP contribution is -2.25. The van der Waals surface area contributed by atoms with Crippen molar-refractivity contribution in [1.82, 2.24) is 19.7 Å². The summed E-state index contributed by atoms with van der Waals surface area (Å²) >= 11 is 6.43. The number of aromatic nitrogens is 3. The van der Waals surface area contributed by atoms with Gasteiger partial charge in [0.15, 0.2) is 5.82 Å². The van der Waals surface area contributed by atoms with Crippen molar-refractivity contribution in [3.63, 3.8) is 0 Å². The Labute approximate surface area is 162 Å². The van der Waals surface area contributed by atoms with Gasteiger partial charge in [0.25, 0.3) is 0 Å². The van der Waals surface area contributed by atoms with Crippen LogP contribution in [0.2, 0.25) is 5.02 Å². The minimum Gasteiger partial charge on any atom is -0.348 e. The van der Waals surface area contributed by atoms with E-state index < -0.39 is 0 Å². The summed E-state index contributed by atoms with van der Waals surface area (Å²) in [4.78, 5) is 18.6. The molecular formula is C20H18ClN5O. The highest BCUT2D eigenvalue weighted by Crippen LogP contribution is 2.28. The number of carbonyl (C=O) groups is 1. The number of halogens is 1. The minimum atomic E-state index is -0.0285. The fraction of sp³-hybridized carbons (Fsp3) is 0.200. The summed E-state index contributed by atoms with van der Waals surface area (Å²) < 4.78 is 1.93. The Bertz CT molecular complexity index is 1050. The molecule has 0 unspecified atom stereocenters. The maximum Gasteiger partial charge on any atom is 0.229 e. The average Bonchev–Trinajstić information content (AvgIpc) is 2.97. The largest absolute Gasteiger partial charge is 0.348 e. The van der Waals surface area contributed by atoms with E-state index >= 15 is 0 Å². The lowest BCUT2D eigenvalue weighted by molar-refractivity contribution is -0.128. The highest BCUT2D eigenvalue weighted by atomic mass is 35.5. The zero-order valence-electron chi connectivity index (χ0n) is 15.1. The number of carbonyl (C=O) groups excluding carboxylic acids is 1. The van der Waals surface area contributed by atoms with Gasteiger partial charge >= 0.3 is 0 Å². The van der Waals surface area contributed by atoms with E-state index in [0.29, 0.717) is 23.2 Å². The zero-order valence-corrected chi connectivity index (χ0v) is 15.8. The molecular weight excluding hydrogens is 362 g/mol. The number of rotatable bonds is 3. The molecule has 136 valence electrons. The van der Waals surface area contributed by atoms with Gasteiger partial charge in [0.05, 0.1) is 17.8 Å². The summed E-state index contributed by atoms with van der Waals surface area (Å²) in [6.07, 6.45) is 0.176. The fourth-order valence-corrected chi connectivity index (χ4v) is 3.35. The number of benzene rings is 2. The molecule has 27 heavy (non-hydrogen) atoms. The van der Waals surface area contributed by atoms with Crippen LogP contribution < -0.4 is 0 Å². The van der Waals surface area contributed by atoms with Crippen LogP contribution in [0.5, 0.6) is 0 Å². The monoisotopic (exact) mass is 379 g/mol. The summed E-state index contributed by atoms with van der Waals surface area (Å²) in [5.74, 6) is 1.27. The summed E-state index contributed by atoms with van der Waals surface area (Å²) in [6.45, 7) is 0.360. The van der Waals surface area contributed by atoms with Gasteiger partial charge in [0.2, 0.25) is 5.91 Å². The second-order valence-electron chi connectivity index (χ2n) is 6.49. The Balaban J connectivity index is 1.87. The van der Waals surface area contributed by atoms with Gasteiger partial charge in [-0.2, -0.15) is 0 Å². The lowest BCUT2D eigenvalue weighted by atomic mass is 10.0. The van der Waals surface area contributed by atoms with Crippen LogP contribution in [0.25, 0.3) is 5.69 Å². The van der Waals surface area contributed by atoms with Crippen LogP contribution in [0.1, 0.15) is 22.8 Å². The Kier molecular flexibility index (Phi) is 4.49. The summed E-state index contributed by atoms with van der Waals surface area (Å²) in [5.41, 5.74) is 3.51.